The van der Waals surface area contributed by atoms with E-state index in [-0.39, 0.29) is 27.6 Å². The Kier molecular flexibility index (Phi) is 4.28. The maximum absolute atomic E-state index is 12.1. The standard InChI is InChI=1S/C16H11ClN2O6/c1-9-2-4-11(17)13(6-9)24-15(20)8-18-12-5-3-10(19(22)23)7-14(12)25-16(18)21/h2-7H,8H2,1H3. The summed E-state index contributed by atoms with van der Waals surface area (Å²) in [5.74, 6) is -1.36. The Morgan fingerprint density at radius 3 is 2.80 bits per heavy atom. The van der Waals surface area contributed by atoms with Crippen molar-refractivity contribution >= 4 is 34.4 Å². The van der Waals surface area contributed by atoms with Crippen molar-refractivity contribution in [2.75, 3.05) is 0 Å². The van der Waals surface area contributed by atoms with Gasteiger partial charge >= 0.3 is 11.7 Å². The lowest BCUT2D eigenvalue weighted by Gasteiger charge is -2.07. The van der Waals surface area contributed by atoms with Crippen LogP contribution in [0.15, 0.2) is 45.6 Å². The molecule has 0 saturated heterocycles. The van der Waals surface area contributed by atoms with E-state index in [2.05, 4.69) is 0 Å². The van der Waals surface area contributed by atoms with Crippen LogP contribution < -0.4 is 10.5 Å². The van der Waals surface area contributed by atoms with Crippen LogP contribution in [0.25, 0.3) is 11.1 Å². The quantitative estimate of drug-likeness (QED) is 0.306. The largest absolute Gasteiger partial charge is 0.424 e. The molecule has 0 saturated carbocycles. The molecule has 25 heavy (non-hydrogen) atoms. The number of ether oxygens (including phenoxy) is 1. The number of aromatic nitrogens is 1. The lowest BCUT2D eigenvalue weighted by molar-refractivity contribution is -0.384. The molecule has 3 aromatic rings. The third-order valence-corrected chi connectivity index (χ3v) is 3.77. The van der Waals surface area contributed by atoms with E-state index in [0.717, 1.165) is 16.2 Å². The number of halogens is 1. The molecule has 1 aromatic heterocycles. The summed E-state index contributed by atoms with van der Waals surface area (Å²) in [6.07, 6.45) is 0. The second-order valence-electron chi connectivity index (χ2n) is 5.27. The first-order valence-corrected chi connectivity index (χ1v) is 7.47. The highest BCUT2D eigenvalue weighted by molar-refractivity contribution is 6.32. The molecule has 0 fully saturated rings. The zero-order chi connectivity index (χ0) is 18.1. The SMILES string of the molecule is Cc1ccc(Cl)c(OC(=O)Cn2c(=O)oc3cc([N+](=O)[O-])ccc32)c1. The maximum atomic E-state index is 12.1. The third kappa shape index (κ3) is 3.38. The van der Waals surface area contributed by atoms with Gasteiger partial charge in [0.1, 0.15) is 12.3 Å². The molecule has 0 atom stereocenters. The molecule has 128 valence electrons. The second kappa shape index (κ2) is 6.40. The Labute approximate surface area is 145 Å². The van der Waals surface area contributed by atoms with Gasteiger partial charge in [0.05, 0.1) is 21.5 Å². The minimum Gasteiger partial charge on any atom is -0.424 e. The van der Waals surface area contributed by atoms with Gasteiger partial charge in [0.15, 0.2) is 5.58 Å². The second-order valence-corrected chi connectivity index (χ2v) is 5.68. The van der Waals surface area contributed by atoms with E-state index in [0.29, 0.717) is 0 Å². The van der Waals surface area contributed by atoms with E-state index >= 15 is 0 Å². The molecule has 3 rings (SSSR count). The summed E-state index contributed by atoms with van der Waals surface area (Å²) in [4.78, 5) is 34.2. The summed E-state index contributed by atoms with van der Waals surface area (Å²) in [5, 5.41) is 11.0. The van der Waals surface area contributed by atoms with Crippen molar-refractivity contribution < 1.29 is 18.9 Å². The predicted molar refractivity (Wildman–Crippen MR) is 89.0 cm³/mol. The highest BCUT2D eigenvalue weighted by Crippen LogP contribution is 2.26. The summed E-state index contributed by atoms with van der Waals surface area (Å²) in [5.41, 5.74) is 0.899. The van der Waals surface area contributed by atoms with Crippen molar-refractivity contribution in [1.29, 1.82) is 0 Å². The van der Waals surface area contributed by atoms with Crippen LogP contribution in [0.5, 0.6) is 5.75 Å². The van der Waals surface area contributed by atoms with E-state index in [1.807, 2.05) is 6.92 Å². The van der Waals surface area contributed by atoms with Crippen LogP contribution in [-0.2, 0) is 11.3 Å². The smallest absolute Gasteiger partial charge is 0.420 e. The van der Waals surface area contributed by atoms with Gasteiger partial charge in [-0.3, -0.25) is 14.7 Å². The van der Waals surface area contributed by atoms with Crippen molar-refractivity contribution in [2.45, 2.75) is 13.5 Å². The van der Waals surface area contributed by atoms with Crippen LogP contribution >= 0.6 is 11.6 Å². The van der Waals surface area contributed by atoms with Crippen molar-refractivity contribution in [1.82, 2.24) is 4.57 Å². The number of rotatable bonds is 4. The molecule has 0 radical (unpaired) electrons. The molecule has 0 aliphatic carbocycles. The zero-order valence-electron chi connectivity index (χ0n) is 12.9. The molecule has 0 N–H and O–H groups in total. The number of hydrogen-bond acceptors (Lipinski definition) is 6. The molecule has 9 heteroatoms. The minimum atomic E-state index is -0.817. The number of carbonyl (C=O) groups is 1. The molecule has 0 amide bonds. The van der Waals surface area contributed by atoms with Gasteiger partial charge in [-0.25, -0.2) is 9.59 Å². The topological polar surface area (TPSA) is 105 Å². The number of aryl methyl sites for hydroxylation is 1. The van der Waals surface area contributed by atoms with Crippen molar-refractivity contribution in [3.05, 3.63) is 67.6 Å². The number of esters is 1. The van der Waals surface area contributed by atoms with Crippen molar-refractivity contribution in [3.8, 4) is 5.75 Å². The number of oxazole rings is 1. The number of fused-ring (bicyclic) bond motifs is 1. The molecular weight excluding hydrogens is 352 g/mol. The van der Waals surface area contributed by atoms with Crippen molar-refractivity contribution in [3.63, 3.8) is 0 Å². The van der Waals surface area contributed by atoms with Crippen molar-refractivity contribution in [2.24, 2.45) is 0 Å². The summed E-state index contributed by atoms with van der Waals surface area (Å²) in [6, 6.07) is 8.64. The van der Waals surface area contributed by atoms with Crippen LogP contribution in [0.3, 0.4) is 0 Å². The van der Waals surface area contributed by atoms with Gasteiger partial charge in [0.2, 0.25) is 0 Å². The number of non-ortho nitro benzene ring substituents is 1. The Hall–Kier alpha value is -3.13. The fourth-order valence-corrected chi connectivity index (χ4v) is 2.45. The molecule has 1 heterocycles. The summed E-state index contributed by atoms with van der Waals surface area (Å²) < 4.78 is 11.2. The molecular formula is C16H11ClN2O6. The van der Waals surface area contributed by atoms with Gasteiger partial charge in [-0.05, 0) is 30.7 Å². The van der Waals surface area contributed by atoms with Gasteiger partial charge in [0, 0.05) is 6.07 Å². The van der Waals surface area contributed by atoms with Gasteiger partial charge in [-0.15, -0.1) is 0 Å². The zero-order valence-corrected chi connectivity index (χ0v) is 13.6. The highest BCUT2D eigenvalue weighted by Gasteiger charge is 2.17. The van der Waals surface area contributed by atoms with Gasteiger partial charge in [-0.2, -0.15) is 0 Å². The summed E-state index contributed by atoms with van der Waals surface area (Å²) >= 11 is 5.97. The maximum Gasteiger partial charge on any atom is 0.420 e. The Balaban J connectivity index is 1.88. The average molecular weight is 363 g/mol. The van der Waals surface area contributed by atoms with Crippen LogP contribution in [-0.4, -0.2) is 15.5 Å². The molecule has 0 aliphatic heterocycles. The molecule has 2 aromatic carbocycles. The number of benzene rings is 2. The molecule has 0 aliphatic rings. The Morgan fingerprint density at radius 1 is 1.32 bits per heavy atom. The summed E-state index contributed by atoms with van der Waals surface area (Å²) in [6.45, 7) is 1.39. The lowest BCUT2D eigenvalue weighted by atomic mass is 10.2. The molecule has 0 unspecified atom stereocenters. The average Bonchev–Trinajstić information content (AvgIpc) is 2.86. The monoisotopic (exact) mass is 362 g/mol. The highest BCUT2D eigenvalue weighted by atomic mass is 35.5. The fraction of sp³-hybridized carbons (Fsp3) is 0.125. The first-order valence-electron chi connectivity index (χ1n) is 7.10. The number of nitrogens with zero attached hydrogens (tertiary/aromatic N) is 2. The predicted octanol–water partition coefficient (Wildman–Crippen LogP) is 3.07. The van der Waals surface area contributed by atoms with Gasteiger partial charge < -0.3 is 9.15 Å². The Morgan fingerprint density at radius 2 is 2.08 bits per heavy atom. The normalized spacial score (nSPS) is 10.8. The number of nitro benzene ring substituents is 1. The number of hydrogen-bond donors (Lipinski definition) is 0. The van der Waals surface area contributed by atoms with E-state index in [1.165, 1.54) is 12.1 Å². The van der Waals surface area contributed by atoms with Crippen LogP contribution in [0.2, 0.25) is 5.02 Å². The third-order valence-electron chi connectivity index (χ3n) is 3.46. The van der Waals surface area contributed by atoms with Crippen LogP contribution in [0.4, 0.5) is 5.69 Å². The summed E-state index contributed by atoms with van der Waals surface area (Å²) in [7, 11) is 0. The van der Waals surface area contributed by atoms with Gasteiger partial charge in [-0.1, -0.05) is 17.7 Å². The molecule has 0 spiro atoms. The van der Waals surface area contributed by atoms with Gasteiger partial charge in [0.25, 0.3) is 5.69 Å². The molecule has 8 nitrogen and oxygen atoms in total. The fourth-order valence-electron chi connectivity index (χ4n) is 2.29. The number of carbonyl (C=O) groups excluding carboxylic acids is 1. The molecule has 0 bridgehead atoms. The number of nitro groups is 1. The minimum absolute atomic E-state index is 0.0144. The van der Waals surface area contributed by atoms with Crippen LogP contribution in [0, 0.1) is 17.0 Å². The van der Waals surface area contributed by atoms with E-state index in [1.54, 1.807) is 18.2 Å². The lowest BCUT2D eigenvalue weighted by Crippen LogP contribution is -2.23. The Bertz CT molecular complexity index is 1050. The first kappa shape index (κ1) is 16.7. The van der Waals surface area contributed by atoms with Crippen LogP contribution in [0.1, 0.15) is 5.56 Å². The first-order chi connectivity index (χ1) is 11.8. The van der Waals surface area contributed by atoms with E-state index < -0.39 is 23.2 Å². The van der Waals surface area contributed by atoms with E-state index in [4.69, 9.17) is 20.8 Å². The van der Waals surface area contributed by atoms with E-state index in [9.17, 15) is 19.7 Å².